The lowest BCUT2D eigenvalue weighted by atomic mass is 10.1. The molecule has 7 heteroatoms. The Morgan fingerprint density at radius 2 is 1.73 bits per heavy atom. The molecule has 0 aliphatic carbocycles. The predicted octanol–water partition coefficient (Wildman–Crippen LogP) is 3.62. The normalized spacial score (nSPS) is 12.0. The molecule has 4 nitrogen and oxygen atoms in total. The first-order valence-electron chi connectivity index (χ1n) is 8.16. The van der Waals surface area contributed by atoms with Crippen LogP contribution in [0, 0.1) is 0 Å². The third-order valence-corrected chi connectivity index (χ3v) is 3.85. The molecule has 2 N–H and O–H groups in total. The fourth-order valence-corrected chi connectivity index (χ4v) is 2.43. The van der Waals surface area contributed by atoms with Gasteiger partial charge in [0.1, 0.15) is 5.75 Å². The van der Waals surface area contributed by atoms with Crippen LogP contribution < -0.4 is 15.4 Å². The van der Waals surface area contributed by atoms with Crippen molar-refractivity contribution in [1.82, 2.24) is 10.6 Å². The average molecular weight is 365 g/mol. The van der Waals surface area contributed by atoms with Crippen LogP contribution in [0.3, 0.4) is 0 Å². The summed E-state index contributed by atoms with van der Waals surface area (Å²) in [6.45, 7) is 1.10. The van der Waals surface area contributed by atoms with Gasteiger partial charge in [0.15, 0.2) is 5.96 Å². The molecule has 0 radical (unpaired) electrons. The number of nitrogens with one attached hydrogen (secondary N) is 2. The topological polar surface area (TPSA) is 45.7 Å². The summed E-state index contributed by atoms with van der Waals surface area (Å²) >= 11 is 0. The molecule has 0 aliphatic heterocycles. The Bertz CT molecular complexity index is 728. The highest BCUT2D eigenvalue weighted by Crippen LogP contribution is 2.29. The highest BCUT2D eigenvalue weighted by atomic mass is 19.4. The standard InChI is InChI=1S/C19H22F3N3O/c1-23-18(25-13-15-5-3-4-6-17(15)26-2)24-12-11-14-7-9-16(10-8-14)19(20,21)22/h3-10H,11-13H2,1-2H3,(H2,23,24,25). The number of guanidine groups is 1. The van der Waals surface area contributed by atoms with E-state index in [1.165, 1.54) is 12.1 Å². The van der Waals surface area contributed by atoms with Crippen molar-refractivity contribution in [2.24, 2.45) is 4.99 Å². The molecule has 0 bridgehead atoms. The van der Waals surface area contributed by atoms with Crippen LogP contribution in [0.25, 0.3) is 0 Å². The van der Waals surface area contributed by atoms with Gasteiger partial charge >= 0.3 is 6.18 Å². The third kappa shape index (κ3) is 5.68. The molecule has 0 amide bonds. The van der Waals surface area contributed by atoms with E-state index in [1.807, 2.05) is 24.3 Å². The van der Waals surface area contributed by atoms with Gasteiger partial charge in [-0.15, -0.1) is 0 Å². The molecule has 0 aliphatic rings. The molecule has 0 unspecified atom stereocenters. The fourth-order valence-electron chi connectivity index (χ4n) is 2.43. The van der Waals surface area contributed by atoms with E-state index in [1.54, 1.807) is 14.2 Å². The summed E-state index contributed by atoms with van der Waals surface area (Å²) in [5.41, 5.74) is 1.19. The maximum atomic E-state index is 12.6. The van der Waals surface area contributed by atoms with Crippen molar-refractivity contribution < 1.29 is 17.9 Å². The summed E-state index contributed by atoms with van der Waals surface area (Å²) in [4.78, 5) is 4.14. The summed E-state index contributed by atoms with van der Waals surface area (Å²) in [6, 6.07) is 12.9. The molecular weight excluding hydrogens is 343 g/mol. The summed E-state index contributed by atoms with van der Waals surface area (Å²) in [7, 11) is 3.28. The van der Waals surface area contributed by atoms with Crippen molar-refractivity contribution in [1.29, 1.82) is 0 Å². The quantitative estimate of drug-likeness (QED) is 0.607. The first-order valence-corrected chi connectivity index (χ1v) is 8.16. The minimum atomic E-state index is -4.30. The number of alkyl halides is 3. The Morgan fingerprint density at radius 1 is 1.04 bits per heavy atom. The first-order chi connectivity index (χ1) is 12.4. The SMILES string of the molecule is CN=C(NCCc1ccc(C(F)(F)F)cc1)NCc1ccccc1OC. The second kappa shape index (κ2) is 9.12. The van der Waals surface area contributed by atoms with E-state index in [-0.39, 0.29) is 0 Å². The Kier molecular flexibility index (Phi) is 6.89. The summed E-state index contributed by atoms with van der Waals surface area (Å²) < 4.78 is 43.0. The van der Waals surface area contributed by atoms with Gasteiger partial charge in [-0.05, 0) is 30.2 Å². The molecule has 0 spiro atoms. The molecule has 26 heavy (non-hydrogen) atoms. The molecule has 140 valence electrons. The number of para-hydroxylation sites is 1. The number of ether oxygens (including phenoxy) is 1. The van der Waals surface area contributed by atoms with Gasteiger partial charge in [-0.25, -0.2) is 0 Å². The van der Waals surface area contributed by atoms with Crippen LogP contribution in [-0.2, 0) is 19.1 Å². The Hall–Kier alpha value is -2.70. The van der Waals surface area contributed by atoms with Gasteiger partial charge in [-0.1, -0.05) is 30.3 Å². The predicted molar refractivity (Wildman–Crippen MR) is 96.3 cm³/mol. The zero-order chi connectivity index (χ0) is 19.0. The van der Waals surface area contributed by atoms with Crippen LogP contribution in [0.5, 0.6) is 5.75 Å². The highest BCUT2D eigenvalue weighted by molar-refractivity contribution is 5.79. The number of hydrogen-bond donors (Lipinski definition) is 2. The Labute approximate surface area is 151 Å². The monoisotopic (exact) mass is 365 g/mol. The lowest BCUT2D eigenvalue weighted by Crippen LogP contribution is -2.37. The van der Waals surface area contributed by atoms with Crippen LogP contribution in [0.15, 0.2) is 53.5 Å². The van der Waals surface area contributed by atoms with Crippen molar-refractivity contribution in [3.8, 4) is 5.75 Å². The summed E-state index contributed by atoms with van der Waals surface area (Å²) in [6.07, 6.45) is -3.71. The van der Waals surface area contributed by atoms with Crippen molar-refractivity contribution in [2.45, 2.75) is 19.1 Å². The molecule has 0 aromatic heterocycles. The maximum Gasteiger partial charge on any atom is 0.416 e. The van der Waals surface area contributed by atoms with Gasteiger partial charge in [0, 0.05) is 25.7 Å². The number of hydrogen-bond acceptors (Lipinski definition) is 2. The molecule has 0 saturated heterocycles. The number of methoxy groups -OCH3 is 1. The van der Waals surface area contributed by atoms with Crippen LogP contribution >= 0.6 is 0 Å². The minimum Gasteiger partial charge on any atom is -0.496 e. The van der Waals surface area contributed by atoms with Gasteiger partial charge in [0.25, 0.3) is 0 Å². The third-order valence-electron chi connectivity index (χ3n) is 3.85. The van der Waals surface area contributed by atoms with E-state index in [0.29, 0.717) is 25.5 Å². The van der Waals surface area contributed by atoms with E-state index < -0.39 is 11.7 Å². The molecule has 2 rings (SSSR count). The highest BCUT2D eigenvalue weighted by Gasteiger charge is 2.29. The average Bonchev–Trinajstić information content (AvgIpc) is 2.64. The van der Waals surface area contributed by atoms with E-state index in [4.69, 9.17) is 4.74 Å². The lowest BCUT2D eigenvalue weighted by molar-refractivity contribution is -0.137. The smallest absolute Gasteiger partial charge is 0.416 e. The van der Waals surface area contributed by atoms with Crippen LogP contribution in [0.4, 0.5) is 13.2 Å². The van der Waals surface area contributed by atoms with Gasteiger partial charge < -0.3 is 15.4 Å². The van der Waals surface area contributed by atoms with Crippen molar-refractivity contribution in [3.05, 3.63) is 65.2 Å². The van der Waals surface area contributed by atoms with Crippen molar-refractivity contribution in [2.75, 3.05) is 20.7 Å². The van der Waals surface area contributed by atoms with Gasteiger partial charge in [0.2, 0.25) is 0 Å². The molecular formula is C19H22F3N3O. The van der Waals surface area contributed by atoms with E-state index in [2.05, 4.69) is 15.6 Å². The van der Waals surface area contributed by atoms with Crippen LogP contribution in [0.2, 0.25) is 0 Å². The van der Waals surface area contributed by atoms with E-state index in [0.717, 1.165) is 29.0 Å². The molecule has 0 fully saturated rings. The minimum absolute atomic E-state index is 0.546. The second-order valence-electron chi connectivity index (χ2n) is 5.61. The fraction of sp³-hybridized carbons (Fsp3) is 0.316. The maximum absolute atomic E-state index is 12.6. The van der Waals surface area contributed by atoms with Crippen LogP contribution in [-0.4, -0.2) is 26.7 Å². The van der Waals surface area contributed by atoms with Crippen molar-refractivity contribution in [3.63, 3.8) is 0 Å². The zero-order valence-corrected chi connectivity index (χ0v) is 14.7. The van der Waals surface area contributed by atoms with Gasteiger partial charge in [-0.2, -0.15) is 13.2 Å². The van der Waals surface area contributed by atoms with Crippen LogP contribution in [0.1, 0.15) is 16.7 Å². The largest absolute Gasteiger partial charge is 0.496 e. The molecule has 0 heterocycles. The molecule has 2 aromatic rings. The summed E-state index contributed by atoms with van der Waals surface area (Å²) in [5, 5.41) is 6.33. The number of nitrogens with zero attached hydrogens (tertiary/aromatic N) is 1. The molecule has 0 atom stereocenters. The van der Waals surface area contributed by atoms with E-state index >= 15 is 0 Å². The zero-order valence-electron chi connectivity index (χ0n) is 14.7. The molecule has 2 aromatic carbocycles. The van der Waals surface area contributed by atoms with Gasteiger partial charge in [-0.3, -0.25) is 4.99 Å². The number of halogens is 3. The first kappa shape index (κ1) is 19.6. The number of aliphatic imine (C=N–C) groups is 1. The molecule has 0 saturated carbocycles. The van der Waals surface area contributed by atoms with Crippen molar-refractivity contribution >= 4 is 5.96 Å². The second-order valence-corrected chi connectivity index (χ2v) is 5.61. The lowest BCUT2D eigenvalue weighted by Gasteiger charge is -2.14. The number of rotatable bonds is 6. The van der Waals surface area contributed by atoms with E-state index in [9.17, 15) is 13.2 Å². The number of benzene rings is 2. The summed E-state index contributed by atoms with van der Waals surface area (Å²) in [5.74, 6) is 1.41. The Morgan fingerprint density at radius 3 is 2.35 bits per heavy atom. The van der Waals surface area contributed by atoms with Gasteiger partial charge in [0.05, 0.1) is 12.7 Å². The Balaban J connectivity index is 1.82.